The molecule has 0 aromatic carbocycles. The molecule has 0 amide bonds. The Morgan fingerprint density at radius 1 is 1.23 bits per heavy atom. The molecule has 1 heterocycles. The highest BCUT2D eigenvalue weighted by Crippen LogP contribution is 2.16. The van der Waals surface area contributed by atoms with Gasteiger partial charge in [0.25, 0.3) is 0 Å². The Morgan fingerprint density at radius 3 is 2.46 bits per heavy atom. The highest BCUT2D eigenvalue weighted by atomic mass is 16.3. The van der Waals surface area contributed by atoms with Gasteiger partial charge in [-0.2, -0.15) is 0 Å². The van der Waals surface area contributed by atoms with E-state index in [4.69, 9.17) is 5.11 Å². The van der Waals surface area contributed by atoms with Gasteiger partial charge in [0.05, 0.1) is 0 Å². The van der Waals surface area contributed by atoms with Gasteiger partial charge < -0.3 is 10.0 Å². The van der Waals surface area contributed by atoms with Gasteiger partial charge in [-0.1, -0.05) is 13.3 Å². The molecule has 1 fully saturated rings. The Labute approximate surface area is 81.9 Å². The number of aliphatic hydroxyl groups excluding tert-OH is 1. The first-order valence-corrected chi connectivity index (χ1v) is 5.70. The Balaban J connectivity index is 2.19. The fraction of sp³-hybridized carbons (Fsp3) is 1.00. The van der Waals surface area contributed by atoms with Gasteiger partial charge in [-0.15, -0.1) is 0 Å². The molecular formula is C11H23NO. The van der Waals surface area contributed by atoms with E-state index in [2.05, 4.69) is 11.8 Å². The molecule has 1 N–H and O–H groups in total. The minimum atomic E-state index is 0.360. The summed E-state index contributed by atoms with van der Waals surface area (Å²) in [6, 6.07) is 0. The Morgan fingerprint density at radius 2 is 1.92 bits per heavy atom. The van der Waals surface area contributed by atoms with Crippen molar-refractivity contribution in [2.24, 2.45) is 5.92 Å². The standard InChI is InChI=1S/C11H23NO/c1-2-5-11(6-9-13)10-12-7-3-4-8-12/h11,13H,2-10H2,1H3. The van der Waals surface area contributed by atoms with Gasteiger partial charge in [0, 0.05) is 13.2 Å². The molecule has 0 radical (unpaired) electrons. The van der Waals surface area contributed by atoms with Gasteiger partial charge in [0.15, 0.2) is 0 Å². The van der Waals surface area contributed by atoms with Crippen molar-refractivity contribution in [3.8, 4) is 0 Å². The van der Waals surface area contributed by atoms with Crippen LogP contribution in [0.2, 0.25) is 0 Å². The topological polar surface area (TPSA) is 23.5 Å². The lowest BCUT2D eigenvalue weighted by atomic mass is 10.00. The first kappa shape index (κ1) is 11.0. The van der Waals surface area contributed by atoms with Gasteiger partial charge in [0.2, 0.25) is 0 Å². The maximum Gasteiger partial charge on any atom is 0.0434 e. The van der Waals surface area contributed by atoms with E-state index in [9.17, 15) is 0 Å². The van der Waals surface area contributed by atoms with Crippen LogP contribution in [-0.2, 0) is 0 Å². The predicted molar refractivity (Wildman–Crippen MR) is 55.8 cm³/mol. The molecule has 1 saturated heterocycles. The van der Waals surface area contributed by atoms with Crippen LogP contribution in [0.4, 0.5) is 0 Å². The van der Waals surface area contributed by atoms with Crippen molar-refractivity contribution in [3.63, 3.8) is 0 Å². The van der Waals surface area contributed by atoms with Crippen LogP contribution in [0.25, 0.3) is 0 Å². The summed E-state index contributed by atoms with van der Waals surface area (Å²) < 4.78 is 0. The van der Waals surface area contributed by atoms with Crippen molar-refractivity contribution >= 4 is 0 Å². The van der Waals surface area contributed by atoms with Crippen LogP contribution in [0.1, 0.15) is 39.0 Å². The van der Waals surface area contributed by atoms with Gasteiger partial charge in [-0.3, -0.25) is 0 Å². The number of rotatable bonds is 6. The minimum Gasteiger partial charge on any atom is -0.396 e. The molecule has 1 aliphatic heterocycles. The summed E-state index contributed by atoms with van der Waals surface area (Å²) in [6.07, 6.45) is 6.26. The second-order valence-electron chi connectivity index (χ2n) is 4.17. The van der Waals surface area contributed by atoms with E-state index in [0.717, 1.165) is 12.3 Å². The van der Waals surface area contributed by atoms with Crippen LogP contribution >= 0.6 is 0 Å². The van der Waals surface area contributed by atoms with Crippen molar-refractivity contribution in [2.45, 2.75) is 39.0 Å². The number of aliphatic hydroxyl groups is 1. The average Bonchev–Trinajstić information content (AvgIpc) is 2.58. The number of hydrogen-bond donors (Lipinski definition) is 1. The minimum absolute atomic E-state index is 0.360. The fourth-order valence-electron chi connectivity index (χ4n) is 2.25. The van der Waals surface area contributed by atoms with Gasteiger partial charge in [-0.05, 0) is 44.7 Å². The second-order valence-corrected chi connectivity index (χ2v) is 4.17. The SMILES string of the molecule is CCCC(CCO)CN1CCCC1. The number of hydrogen-bond acceptors (Lipinski definition) is 2. The summed E-state index contributed by atoms with van der Waals surface area (Å²) in [5.41, 5.74) is 0. The lowest BCUT2D eigenvalue weighted by Gasteiger charge is -2.22. The van der Waals surface area contributed by atoms with E-state index in [1.54, 1.807) is 0 Å². The highest BCUT2D eigenvalue weighted by Gasteiger charge is 2.16. The summed E-state index contributed by atoms with van der Waals surface area (Å²) in [6.45, 7) is 6.37. The van der Waals surface area contributed by atoms with E-state index in [-0.39, 0.29) is 0 Å². The van der Waals surface area contributed by atoms with Crippen LogP contribution in [0.15, 0.2) is 0 Å². The lowest BCUT2D eigenvalue weighted by molar-refractivity contribution is 0.208. The van der Waals surface area contributed by atoms with Gasteiger partial charge >= 0.3 is 0 Å². The van der Waals surface area contributed by atoms with Crippen molar-refractivity contribution in [1.29, 1.82) is 0 Å². The zero-order valence-electron chi connectivity index (χ0n) is 8.84. The maximum absolute atomic E-state index is 8.92. The first-order valence-electron chi connectivity index (χ1n) is 5.70. The van der Waals surface area contributed by atoms with Crippen LogP contribution in [0.5, 0.6) is 0 Å². The summed E-state index contributed by atoms with van der Waals surface area (Å²) in [5.74, 6) is 0.730. The summed E-state index contributed by atoms with van der Waals surface area (Å²) in [4.78, 5) is 2.55. The van der Waals surface area contributed by atoms with Crippen molar-refractivity contribution < 1.29 is 5.11 Å². The third-order valence-corrected chi connectivity index (χ3v) is 2.95. The van der Waals surface area contributed by atoms with Crippen LogP contribution in [0.3, 0.4) is 0 Å². The molecule has 2 nitrogen and oxygen atoms in total. The maximum atomic E-state index is 8.92. The summed E-state index contributed by atoms with van der Waals surface area (Å²) in [7, 11) is 0. The average molecular weight is 185 g/mol. The molecular weight excluding hydrogens is 162 g/mol. The Hall–Kier alpha value is -0.0800. The fourth-order valence-corrected chi connectivity index (χ4v) is 2.25. The van der Waals surface area contributed by atoms with Gasteiger partial charge in [-0.25, -0.2) is 0 Å². The van der Waals surface area contributed by atoms with E-state index >= 15 is 0 Å². The van der Waals surface area contributed by atoms with Crippen molar-refractivity contribution in [3.05, 3.63) is 0 Å². The van der Waals surface area contributed by atoms with Crippen LogP contribution in [0, 0.1) is 5.92 Å². The molecule has 2 heteroatoms. The molecule has 0 aliphatic carbocycles. The monoisotopic (exact) mass is 185 g/mol. The zero-order valence-corrected chi connectivity index (χ0v) is 8.84. The predicted octanol–water partition coefficient (Wildman–Crippen LogP) is 1.88. The molecule has 1 unspecified atom stereocenters. The molecule has 0 saturated carbocycles. The highest BCUT2D eigenvalue weighted by molar-refractivity contribution is 4.70. The Bertz CT molecular complexity index is 115. The van der Waals surface area contributed by atoms with Crippen molar-refractivity contribution in [1.82, 2.24) is 4.90 Å². The molecule has 0 spiro atoms. The van der Waals surface area contributed by atoms with E-state index in [1.807, 2.05) is 0 Å². The normalized spacial score (nSPS) is 20.8. The van der Waals surface area contributed by atoms with Crippen LogP contribution in [-0.4, -0.2) is 36.2 Å². The molecule has 13 heavy (non-hydrogen) atoms. The van der Waals surface area contributed by atoms with Crippen LogP contribution < -0.4 is 0 Å². The molecule has 1 aliphatic rings. The Kier molecular flexibility index (Phi) is 5.40. The molecule has 1 atom stereocenters. The summed E-state index contributed by atoms with van der Waals surface area (Å²) >= 11 is 0. The van der Waals surface area contributed by atoms with Crippen molar-refractivity contribution in [2.75, 3.05) is 26.2 Å². The molecule has 78 valence electrons. The molecule has 0 aromatic rings. The zero-order chi connectivity index (χ0) is 9.52. The smallest absolute Gasteiger partial charge is 0.0434 e. The summed E-state index contributed by atoms with van der Waals surface area (Å²) in [5, 5.41) is 8.92. The van der Waals surface area contributed by atoms with Gasteiger partial charge in [0.1, 0.15) is 0 Å². The second kappa shape index (κ2) is 6.39. The van der Waals surface area contributed by atoms with E-state index < -0.39 is 0 Å². The third kappa shape index (κ3) is 4.10. The lowest BCUT2D eigenvalue weighted by Crippen LogP contribution is -2.27. The quantitative estimate of drug-likeness (QED) is 0.683. The van der Waals surface area contributed by atoms with E-state index in [0.29, 0.717) is 6.61 Å². The van der Waals surface area contributed by atoms with E-state index in [1.165, 1.54) is 45.3 Å². The molecule has 0 bridgehead atoms. The number of nitrogens with zero attached hydrogens (tertiary/aromatic N) is 1. The first-order chi connectivity index (χ1) is 6.36. The molecule has 1 rings (SSSR count). The number of likely N-dealkylation sites (tertiary alicyclic amines) is 1. The molecule has 0 aromatic heterocycles. The largest absolute Gasteiger partial charge is 0.396 e. The third-order valence-electron chi connectivity index (χ3n) is 2.95.